The van der Waals surface area contributed by atoms with Crippen molar-refractivity contribution in [2.75, 3.05) is 38.3 Å². The summed E-state index contributed by atoms with van der Waals surface area (Å²) in [5.74, 6) is -0.313. The minimum atomic E-state index is -0.313. The molecule has 0 aromatic heterocycles. The molecule has 4 rings (SSSR count). The fraction of sp³-hybridized carbons (Fsp3) is 0.320. The number of fused-ring (bicyclic) bond motifs is 1. The third-order valence-corrected chi connectivity index (χ3v) is 5.71. The van der Waals surface area contributed by atoms with Gasteiger partial charge >= 0.3 is 5.97 Å². The standard InChI is InChI=1S/C25H28N2O3/c1-18(23-12-6-8-19-7-3-4-11-24(19)23)26-16-22-17-27(13-14-30-22)21-10-5-9-20(15-21)25(28)29-2/h3-12,15,18,22,26H,13-14,16-17H2,1-2H3. The molecule has 0 spiro atoms. The van der Waals surface area contributed by atoms with E-state index in [0.717, 1.165) is 25.3 Å². The van der Waals surface area contributed by atoms with Gasteiger partial charge in [-0.15, -0.1) is 0 Å². The Hall–Kier alpha value is -2.89. The Balaban J connectivity index is 1.40. The Morgan fingerprint density at radius 3 is 2.83 bits per heavy atom. The number of nitrogens with one attached hydrogen (secondary N) is 1. The van der Waals surface area contributed by atoms with Crippen LogP contribution in [0.4, 0.5) is 5.69 Å². The molecule has 3 aromatic rings. The van der Waals surface area contributed by atoms with Gasteiger partial charge in [0.25, 0.3) is 0 Å². The molecule has 5 heteroatoms. The first-order chi connectivity index (χ1) is 14.7. The zero-order valence-electron chi connectivity index (χ0n) is 17.5. The van der Waals surface area contributed by atoms with E-state index < -0.39 is 0 Å². The van der Waals surface area contributed by atoms with E-state index in [1.165, 1.54) is 23.4 Å². The lowest BCUT2D eigenvalue weighted by atomic mass is 9.99. The van der Waals surface area contributed by atoms with Crippen LogP contribution >= 0.6 is 0 Å². The fourth-order valence-electron chi connectivity index (χ4n) is 4.07. The molecule has 1 saturated heterocycles. The van der Waals surface area contributed by atoms with Gasteiger partial charge in [-0.3, -0.25) is 0 Å². The Kier molecular flexibility index (Phi) is 6.31. The van der Waals surface area contributed by atoms with Crippen molar-refractivity contribution >= 4 is 22.4 Å². The van der Waals surface area contributed by atoms with Crippen LogP contribution in [0.3, 0.4) is 0 Å². The first-order valence-corrected chi connectivity index (χ1v) is 10.4. The number of rotatable bonds is 6. The lowest BCUT2D eigenvalue weighted by Crippen LogP contribution is -2.47. The number of morpholine rings is 1. The van der Waals surface area contributed by atoms with Crippen molar-refractivity contribution < 1.29 is 14.3 Å². The number of hydrogen-bond acceptors (Lipinski definition) is 5. The number of carbonyl (C=O) groups is 1. The average Bonchev–Trinajstić information content (AvgIpc) is 2.82. The van der Waals surface area contributed by atoms with Crippen LogP contribution in [0.25, 0.3) is 10.8 Å². The fourth-order valence-corrected chi connectivity index (χ4v) is 4.07. The van der Waals surface area contributed by atoms with Crippen molar-refractivity contribution in [2.24, 2.45) is 0 Å². The summed E-state index contributed by atoms with van der Waals surface area (Å²) in [7, 11) is 1.41. The highest BCUT2D eigenvalue weighted by molar-refractivity contribution is 5.90. The Morgan fingerprint density at radius 1 is 1.17 bits per heavy atom. The van der Waals surface area contributed by atoms with Gasteiger partial charge in [-0.2, -0.15) is 0 Å². The summed E-state index contributed by atoms with van der Waals surface area (Å²) in [6.07, 6.45) is 0.0814. The smallest absolute Gasteiger partial charge is 0.337 e. The van der Waals surface area contributed by atoms with Crippen LogP contribution in [0.2, 0.25) is 0 Å². The molecule has 1 aliphatic heterocycles. The maximum Gasteiger partial charge on any atom is 0.337 e. The second-order valence-corrected chi connectivity index (χ2v) is 7.68. The molecule has 1 N–H and O–H groups in total. The second-order valence-electron chi connectivity index (χ2n) is 7.68. The van der Waals surface area contributed by atoms with E-state index in [1.54, 1.807) is 6.07 Å². The summed E-state index contributed by atoms with van der Waals surface area (Å²) in [6, 6.07) is 22.7. The van der Waals surface area contributed by atoms with Gasteiger partial charge in [-0.05, 0) is 41.5 Å². The number of carbonyl (C=O) groups excluding carboxylic acids is 1. The van der Waals surface area contributed by atoms with E-state index in [-0.39, 0.29) is 18.1 Å². The van der Waals surface area contributed by atoms with Gasteiger partial charge in [0.2, 0.25) is 0 Å². The molecule has 0 radical (unpaired) electrons. The number of nitrogens with zero attached hydrogens (tertiary/aromatic N) is 1. The van der Waals surface area contributed by atoms with Crippen molar-refractivity contribution in [2.45, 2.75) is 19.1 Å². The molecular formula is C25H28N2O3. The predicted molar refractivity (Wildman–Crippen MR) is 120 cm³/mol. The second kappa shape index (κ2) is 9.28. The average molecular weight is 405 g/mol. The molecule has 1 fully saturated rings. The Bertz CT molecular complexity index is 1010. The van der Waals surface area contributed by atoms with Gasteiger partial charge in [0.1, 0.15) is 0 Å². The summed E-state index contributed by atoms with van der Waals surface area (Å²) in [5.41, 5.74) is 2.89. The zero-order valence-corrected chi connectivity index (χ0v) is 17.5. The number of anilines is 1. The number of hydrogen-bond donors (Lipinski definition) is 1. The summed E-state index contributed by atoms with van der Waals surface area (Å²) < 4.78 is 10.9. The maximum atomic E-state index is 11.8. The first-order valence-electron chi connectivity index (χ1n) is 10.4. The van der Waals surface area contributed by atoms with Gasteiger partial charge in [-0.25, -0.2) is 4.79 Å². The van der Waals surface area contributed by atoms with E-state index >= 15 is 0 Å². The lowest BCUT2D eigenvalue weighted by molar-refractivity contribution is 0.0395. The molecule has 2 atom stereocenters. The highest BCUT2D eigenvalue weighted by Gasteiger charge is 2.22. The topological polar surface area (TPSA) is 50.8 Å². The summed E-state index contributed by atoms with van der Waals surface area (Å²) >= 11 is 0. The van der Waals surface area contributed by atoms with E-state index in [4.69, 9.17) is 9.47 Å². The van der Waals surface area contributed by atoms with Crippen LogP contribution in [0, 0.1) is 0 Å². The molecule has 30 heavy (non-hydrogen) atoms. The molecule has 0 aliphatic carbocycles. The number of methoxy groups -OCH3 is 1. The molecule has 3 aromatic carbocycles. The van der Waals surface area contributed by atoms with Crippen molar-refractivity contribution in [3.8, 4) is 0 Å². The lowest BCUT2D eigenvalue weighted by Gasteiger charge is -2.35. The molecule has 5 nitrogen and oxygen atoms in total. The third-order valence-electron chi connectivity index (χ3n) is 5.71. The predicted octanol–water partition coefficient (Wildman–Crippen LogP) is 4.18. The molecule has 0 amide bonds. The molecule has 0 saturated carbocycles. The van der Waals surface area contributed by atoms with Crippen LogP contribution in [0.1, 0.15) is 28.9 Å². The maximum absolute atomic E-state index is 11.8. The Labute approximate surface area is 177 Å². The third kappa shape index (κ3) is 4.48. The Morgan fingerprint density at radius 2 is 1.97 bits per heavy atom. The van der Waals surface area contributed by atoms with Gasteiger partial charge < -0.3 is 19.7 Å². The zero-order chi connectivity index (χ0) is 20.9. The molecular weight excluding hydrogens is 376 g/mol. The van der Waals surface area contributed by atoms with E-state index in [1.807, 2.05) is 18.2 Å². The van der Waals surface area contributed by atoms with E-state index in [2.05, 4.69) is 59.6 Å². The van der Waals surface area contributed by atoms with E-state index in [9.17, 15) is 4.79 Å². The molecule has 1 heterocycles. The summed E-state index contributed by atoms with van der Waals surface area (Å²) in [5, 5.41) is 6.19. The van der Waals surface area contributed by atoms with Crippen LogP contribution in [-0.4, -0.2) is 45.4 Å². The SMILES string of the molecule is COC(=O)c1cccc(N2CCOC(CNC(C)c3cccc4ccccc34)C2)c1. The van der Waals surface area contributed by atoms with E-state index in [0.29, 0.717) is 12.2 Å². The first kappa shape index (κ1) is 20.4. The minimum Gasteiger partial charge on any atom is -0.465 e. The quantitative estimate of drug-likeness (QED) is 0.625. The largest absolute Gasteiger partial charge is 0.465 e. The van der Waals surface area contributed by atoms with Crippen molar-refractivity contribution in [1.29, 1.82) is 0 Å². The van der Waals surface area contributed by atoms with Crippen molar-refractivity contribution in [3.05, 3.63) is 77.9 Å². The van der Waals surface area contributed by atoms with Crippen LogP contribution in [-0.2, 0) is 9.47 Å². The number of esters is 1. The van der Waals surface area contributed by atoms with Crippen LogP contribution in [0.15, 0.2) is 66.7 Å². The highest BCUT2D eigenvalue weighted by Crippen LogP contribution is 2.24. The van der Waals surface area contributed by atoms with Gasteiger partial charge in [-0.1, -0.05) is 48.5 Å². The normalized spacial score (nSPS) is 17.7. The molecule has 2 unspecified atom stereocenters. The highest BCUT2D eigenvalue weighted by atomic mass is 16.5. The van der Waals surface area contributed by atoms with Gasteiger partial charge in [0, 0.05) is 31.4 Å². The molecule has 0 bridgehead atoms. The van der Waals surface area contributed by atoms with Crippen LogP contribution in [0.5, 0.6) is 0 Å². The summed E-state index contributed by atoms with van der Waals surface area (Å²) in [6.45, 7) is 5.21. The molecule has 1 aliphatic rings. The van der Waals surface area contributed by atoms with Crippen molar-refractivity contribution in [3.63, 3.8) is 0 Å². The summed E-state index contributed by atoms with van der Waals surface area (Å²) in [4.78, 5) is 14.1. The van der Waals surface area contributed by atoms with Crippen molar-refractivity contribution in [1.82, 2.24) is 5.32 Å². The van der Waals surface area contributed by atoms with Gasteiger partial charge in [0.15, 0.2) is 0 Å². The minimum absolute atomic E-state index is 0.0814. The number of ether oxygens (including phenoxy) is 2. The van der Waals surface area contributed by atoms with Gasteiger partial charge in [0.05, 0.1) is 25.4 Å². The number of benzene rings is 3. The van der Waals surface area contributed by atoms with Crippen LogP contribution < -0.4 is 10.2 Å². The monoisotopic (exact) mass is 404 g/mol. The molecule has 156 valence electrons.